The highest BCUT2D eigenvalue weighted by Crippen LogP contribution is 2.27. The van der Waals surface area contributed by atoms with Gasteiger partial charge >= 0.3 is 0 Å². The third-order valence-electron chi connectivity index (χ3n) is 2.67. The third kappa shape index (κ3) is 1.89. The number of hydrogen-bond donors (Lipinski definition) is 0. The predicted octanol–water partition coefficient (Wildman–Crippen LogP) is 3.48. The summed E-state index contributed by atoms with van der Waals surface area (Å²) in [5.41, 5.74) is 2.64. The lowest BCUT2D eigenvalue weighted by Gasteiger charge is -2.02. The monoisotopic (exact) mass is 239 g/mol. The van der Waals surface area contributed by atoms with Crippen molar-refractivity contribution in [3.8, 4) is 0 Å². The van der Waals surface area contributed by atoms with Gasteiger partial charge in [-0.3, -0.25) is 4.79 Å². The number of benzene rings is 2. The van der Waals surface area contributed by atoms with Crippen LogP contribution in [0.5, 0.6) is 0 Å². The van der Waals surface area contributed by atoms with E-state index in [1.807, 2.05) is 30.3 Å². The molecule has 0 atom stereocenters. The molecule has 0 fully saturated rings. The van der Waals surface area contributed by atoms with Gasteiger partial charge in [0.1, 0.15) is 0 Å². The minimum absolute atomic E-state index is 0.150. The molecule has 0 unspecified atom stereocenters. The number of fused-ring (bicyclic) bond motifs is 1. The largest absolute Gasteiger partial charge is 0.284 e. The van der Waals surface area contributed by atoms with E-state index in [1.54, 1.807) is 5.55 Å². The van der Waals surface area contributed by atoms with Crippen molar-refractivity contribution < 1.29 is 4.79 Å². The zero-order valence-electron chi connectivity index (χ0n) is 8.96. The fourth-order valence-corrected chi connectivity index (χ4v) is 2.47. The maximum Gasteiger partial charge on any atom is 0.284 e. The van der Waals surface area contributed by atoms with E-state index < -0.39 is 0 Å². The Balaban J connectivity index is 2.15. The maximum atomic E-state index is 11.4. The molecule has 0 bridgehead atoms. The smallest absolute Gasteiger partial charge is 0.266 e. The number of carbonyl (C=O) groups excluding carboxylic acids is 1. The minimum atomic E-state index is -0.150. The standard InChI is InChI=1S/C14H9NOS/c16-14-13(17-9-15-14)8-11-6-3-5-10-4-1-2-7-12(10)11/h1-9H. The molecule has 3 rings (SSSR count). The van der Waals surface area contributed by atoms with Gasteiger partial charge < -0.3 is 0 Å². The Kier molecular flexibility index (Phi) is 2.53. The lowest BCUT2D eigenvalue weighted by molar-refractivity contribution is -0.113. The van der Waals surface area contributed by atoms with Gasteiger partial charge in [0.05, 0.1) is 10.5 Å². The maximum absolute atomic E-state index is 11.4. The fourth-order valence-electron chi connectivity index (χ4n) is 1.86. The number of carbonyl (C=O) groups is 1. The van der Waals surface area contributed by atoms with Gasteiger partial charge in [-0.2, -0.15) is 0 Å². The molecule has 2 aromatic carbocycles. The molecule has 0 spiro atoms. The highest BCUT2D eigenvalue weighted by atomic mass is 32.2. The molecule has 17 heavy (non-hydrogen) atoms. The molecule has 0 radical (unpaired) electrons. The average Bonchev–Trinajstić information content (AvgIpc) is 2.76. The molecule has 0 saturated carbocycles. The number of thioether (sulfide) groups is 1. The number of nitrogens with zero attached hydrogens (tertiary/aromatic N) is 1. The van der Waals surface area contributed by atoms with Crippen LogP contribution in [0.3, 0.4) is 0 Å². The van der Waals surface area contributed by atoms with Crippen LogP contribution in [0.2, 0.25) is 0 Å². The normalized spacial score (nSPS) is 17.2. The van der Waals surface area contributed by atoms with E-state index in [-0.39, 0.29) is 5.91 Å². The minimum Gasteiger partial charge on any atom is -0.266 e. The quantitative estimate of drug-likeness (QED) is 0.713. The topological polar surface area (TPSA) is 29.4 Å². The first kappa shape index (κ1) is 10.3. The Hall–Kier alpha value is -1.87. The highest BCUT2D eigenvalue weighted by Gasteiger charge is 2.13. The number of aliphatic imine (C=N–C) groups is 1. The van der Waals surface area contributed by atoms with Crippen LogP contribution in [0.4, 0.5) is 0 Å². The number of amides is 1. The van der Waals surface area contributed by atoms with E-state index in [4.69, 9.17) is 0 Å². The van der Waals surface area contributed by atoms with Gasteiger partial charge in [-0.15, -0.1) is 0 Å². The second-order valence-corrected chi connectivity index (χ2v) is 4.62. The Morgan fingerprint density at radius 1 is 1.06 bits per heavy atom. The van der Waals surface area contributed by atoms with Gasteiger partial charge in [-0.25, -0.2) is 4.99 Å². The van der Waals surface area contributed by atoms with Crippen LogP contribution in [0.25, 0.3) is 16.8 Å². The van der Waals surface area contributed by atoms with E-state index in [9.17, 15) is 4.79 Å². The first-order chi connectivity index (χ1) is 8.34. The average molecular weight is 239 g/mol. The fraction of sp³-hybridized carbons (Fsp3) is 0. The molecule has 0 aromatic heterocycles. The van der Waals surface area contributed by atoms with Crippen LogP contribution in [0.1, 0.15) is 5.56 Å². The van der Waals surface area contributed by atoms with E-state index in [0.29, 0.717) is 4.91 Å². The van der Waals surface area contributed by atoms with Crippen LogP contribution < -0.4 is 0 Å². The summed E-state index contributed by atoms with van der Waals surface area (Å²) >= 11 is 1.37. The molecular formula is C14H9NOS. The molecule has 3 heteroatoms. The zero-order chi connectivity index (χ0) is 11.7. The molecule has 0 saturated heterocycles. The highest BCUT2D eigenvalue weighted by molar-refractivity contribution is 8.16. The summed E-state index contributed by atoms with van der Waals surface area (Å²) in [5.74, 6) is -0.150. The molecule has 0 N–H and O–H groups in total. The molecule has 2 nitrogen and oxygen atoms in total. The molecule has 1 aliphatic rings. The van der Waals surface area contributed by atoms with Crippen molar-refractivity contribution in [2.75, 3.05) is 0 Å². The van der Waals surface area contributed by atoms with E-state index >= 15 is 0 Å². The van der Waals surface area contributed by atoms with Gasteiger partial charge in [0.2, 0.25) is 0 Å². The van der Waals surface area contributed by atoms with Crippen LogP contribution in [-0.2, 0) is 4.79 Å². The van der Waals surface area contributed by atoms with Crippen LogP contribution in [-0.4, -0.2) is 11.5 Å². The van der Waals surface area contributed by atoms with Crippen molar-refractivity contribution in [2.45, 2.75) is 0 Å². The predicted molar refractivity (Wildman–Crippen MR) is 73.0 cm³/mol. The van der Waals surface area contributed by atoms with Crippen molar-refractivity contribution in [2.24, 2.45) is 4.99 Å². The van der Waals surface area contributed by atoms with Crippen molar-refractivity contribution >= 4 is 40.1 Å². The van der Waals surface area contributed by atoms with Gasteiger partial charge in [0.15, 0.2) is 0 Å². The zero-order valence-corrected chi connectivity index (χ0v) is 9.78. The van der Waals surface area contributed by atoms with Crippen molar-refractivity contribution in [1.29, 1.82) is 0 Å². The summed E-state index contributed by atoms with van der Waals surface area (Å²) in [5, 5.41) is 2.33. The molecular weight excluding hydrogens is 230 g/mol. The number of rotatable bonds is 1. The molecule has 1 heterocycles. The second kappa shape index (κ2) is 4.18. The van der Waals surface area contributed by atoms with E-state index in [1.165, 1.54) is 17.1 Å². The molecule has 2 aromatic rings. The third-order valence-corrected chi connectivity index (χ3v) is 3.43. The van der Waals surface area contributed by atoms with E-state index in [0.717, 1.165) is 10.9 Å². The van der Waals surface area contributed by atoms with Crippen molar-refractivity contribution in [3.63, 3.8) is 0 Å². The molecule has 1 amide bonds. The van der Waals surface area contributed by atoms with Crippen LogP contribution in [0.15, 0.2) is 52.4 Å². The Labute approximate surface area is 103 Å². The summed E-state index contributed by atoms with van der Waals surface area (Å²) in [7, 11) is 0. The summed E-state index contributed by atoms with van der Waals surface area (Å²) in [6.45, 7) is 0. The lowest BCUT2D eigenvalue weighted by atomic mass is 10.0. The van der Waals surface area contributed by atoms with Crippen LogP contribution >= 0.6 is 11.8 Å². The first-order valence-corrected chi connectivity index (χ1v) is 6.15. The van der Waals surface area contributed by atoms with Gasteiger partial charge in [-0.1, -0.05) is 54.2 Å². The van der Waals surface area contributed by atoms with Crippen molar-refractivity contribution in [1.82, 2.24) is 0 Å². The van der Waals surface area contributed by atoms with Crippen molar-refractivity contribution in [3.05, 3.63) is 52.9 Å². The SMILES string of the molecule is O=C1N=CSC1=Cc1cccc2ccccc12. The molecule has 82 valence electrons. The van der Waals surface area contributed by atoms with Gasteiger partial charge in [0.25, 0.3) is 5.91 Å². The number of hydrogen-bond acceptors (Lipinski definition) is 2. The van der Waals surface area contributed by atoms with E-state index in [2.05, 4.69) is 23.2 Å². The first-order valence-electron chi connectivity index (χ1n) is 5.27. The summed E-state index contributed by atoms with van der Waals surface area (Å²) in [6, 6.07) is 14.2. The summed E-state index contributed by atoms with van der Waals surface area (Å²) in [4.78, 5) is 15.8. The lowest BCUT2D eigenvalue weighted by Crippen LogP contribution is -1.88. The Morgan fingerprint density at radius 3 is 2.71 bits per heavy atom. The molecule has 0 aliphatic carbocycles. The second-order valence-electron chi connectivity index (χ2n) is 3.73. The molecule has 1 aliphatic heterocycles. The van der Waals surface area contributed by atoms with Gasteiger partial charge in [0, 0.05) is 0 Å². The Morgan fingerprint density at radius 2 is 1.88 bits per heavy atom. The van der Waals surface area contributed by atoms with Gasteiger partial charge in [-0.05, 0) is 22.4 Å². The summed E-state index contributed by atoms with van der Waals surface area (Å²) < 4.78 is 0. The van der Waals surface area contributed by atoms with Crippen LogP contribution in [0, 0.1) is 0 Å². The Bertz CT molecular complexity index is 653. The summed E-state index contributed by atoms with van der Waals surface area (Å²) in [6.07, 6.45) is 1.91.